The Morgan fingerprint density at radius 3 is 3.04 bits per heavy atom. The zero-order valence-electron chi connectivity index (χ0n) is 12.2. The van der Waals surface area contributed by atoms with Crippen molar-refractivity contribution in [3.8, 4) is 11.5 Å². The highest BCUT2D eigenvalue weighted by molar-refractivity contribution is 5.52. The van der Waals surface area contributed by atoms with Gasteiger partial charge in [-0.2, -0.15) is 0 Å². The van der Waals surface area contributed by atoms with Gasteiger partial charge < -0.3 is 13.7 Å². The van der Waals surface area contributed by atoms with E-state index < -0.39 is 5.82 Å². The molecule has 2 atom stereocenters. The first-order valence-electron chi connectivity index (χ1n) is 7.32. The summed E-state index contributed by atoms with van der Waals surface area (Å²) in [6.45, 7) is 1.39. The Labute approximate surface area is 131 Å². The molecule has 7 nitrogen and oxygen atoms in total. The summed E-state index contributed by atoms with van der Waals surface area (Å²) < 4.78 is 27.1. The fourth-order valence-corrected chi connectivity index (χ4v) is 2.77. The summed E-state index contributed by atoms with van der Waals surface area (Å²) in [5, 5.41) is 7.98. The van der Waals surface area contributed by atoms with Gasteiger partial charge in [-0.25, -0.2) is 9.37 Å². The fourth-order valence-electron chi connectivity index (χ4n) is 2.77. The Balaban J connectivity index is 1.57. The lowest BCUT2D eigenvalue weighted by molar-refractivity contribution is 0.0642. The number of pyridine rings is 1. The van der Waals surface area contributed by atoms with E-state index in [1.54, 1.807) is 12.5 Å². The first-order valence-corrected chi connectivity index (χ1v) is 7.32. The van der Waals surface area contributed by atoms with E-state index in [1.807, 2.05) is 10.8 Å². The molecule has 1 aliphatic heterocycles. The second kappa shape index (κ2) is 5.88. The van der Waals surface area contributed by atoms with Gasteiger partial charge in [0.2, 0.25) is 5.89 Å². The predicted molar refractivity (Wildman–Crippen MR) is 76.5 cm³/mol. The minimum Gasteiger partial charge on any atom is -0.418 e. The van der Waals surface area contributed by atoms with Crippen molar-refractivity contribution < 1.29 is 13.5 Å². The molecule has 1 saturated heterocycles. The van der Waals surface area contributed by atoms with Crippen molar-refractivity contribution in [2.45, 2.75) is 19.1 Å². The fraction of sp³-hybridized carbons (Fsp3) is 0.333. The molecule has 3 aromatic rings. The molecule has 0 amide bonds. The zero-order valence-corrected chi connectivity index (χ0v) is 12.2. The van der Waals surface area contributed by atoms with Crippen molar-refractivity contribution in [1.82, 2.24) is 24.7 Å². The third kappa shape index (κ3) is 2.72. The minimum absolute atomic E-state index is 0.136. The zero-order chi connectivity index (χ0) is 15.6. The summed E-state index contributed by atoms with van der Waals surface area (Å²) in [6, 6.07) is 1.51. The number of hydrogen-bond donors (Lipinski definition) is 0. The third-order valence-corrected chi connectivity index (χ3v) is 3.91. The van der Waals surface area contributed by atoms with Crippen LogP contribution in [0, 0.1) is 11.7 Å². The van der Waals surface area contributed by atoms with Gasteiger partial charge in [-0.3, -0.25) is 4.98 Å². The van der Waals surface area contributed by atoms with E-state index in [0.29, 0.717) is 12.5 Å². The van der Waals surface area contributed by atoms with Crippen LogP contribution in [-0.4, -0.2) is 31.3 Å². The highest BCUT2D eigenvalue weighted by Gasteiger charge is 2.34. The van der Waals surface area contributed by atoms with Crippen LogP contribution in [0.15, 0.2) is 41.6 Å². The molecule has 0 unspecified atom stereocenters. The van der Waals surface area contributed by atoms with Gasteiger partial charge in [0.05, 0.1) is 18.1 Å². The van der Waals surface area contributed by atoms with Crippen LogP contribution in [0.3, 0.4) is 0 Å². The van der Waals surface area contributed by atoms with E-state index >= 15 is 0 Å². The Morgan fingerprint density at radius 2 is 2.22 bits per heavy atom. The van der Waals surface area contributed by atoms with Gasteiger partial charge in [0, 0.05) is 37.7 Å². The van der Waals surface area contributed by atoms with E-state index in [-0.39, 0.29) is 23.5 Å². The molecule has 0 bridgehead atoms. The van der Waals surface area contributed by atoms with Gasteiger partial charge >= 0.3 is 0 Å². The van der Waals surface area contributed by atoms with Crippen LogP contribution in [0.5, 0.6) is 0 Å². The highest BCUT2D eigenvalue weighted by atomic mass is 19.1. The molecule has 4 heterocycles. The molecule has 8 heteroatoms. The first-order chi connectivity index (χ1) is 11.3. The van der Waals surface area contributed by atoms with E-state index in [0.717, 1.165) is 19.2 Å². The van der Waals surface area contributed by atoms with Crippen molar-refractivity contribution in [1.29, 1.82) is 0 Å². The summed E-state index contributed by atoms with van der Waals surface area (Å²) >= 11 is 0. The molecule has 1 fully saturated rings. The van der Waals surface area contributed by atoms with Crippen LogP contribution >= 0.6 is 0 Å². The summed E-state index contributed by atoms with van der Waals surface area (Å²) in [5.74, 6) is 0.223. The van der Waals surface area contributed by atoms with Crippen LogP contribution in [0.1, 0.15) is 18.4 Å². The van der Waals surface area contributed by atoms with E-state index in [9.17, 15) is 4.39 Å². The lowest BCUT2D eigenvalue weighted by Gasteiger charge is -2.15. The molecule has 0 N–H and O–H groups in total. The maximum Gasteiger partial charge on any atom is 0.250 e. The molecule has 0 aliphatic carbocycles. The molecule has 4 rings (SSSR count). The number of hydrogen-bond acceptors (Lipinski definition) is 6. The average molecular weight is 315 g/mol. The molecular formula is C15H14FN5O2. The number of ether oxygens (including phenoxy) is 1. The molecule has 3 aromatic heterocycles. The molecule has 0 radical (unpaired) electrons. The van der Waals surface area contributed by atoms with Gasteiger partial charge in [0.15, 0.2) is 5.82 Å². The Hall–Kier alpha value is -2.61. The predicted octanol–water partition coefficient (Wildman–Crippen LogP) is 2.25. The normalized spacial score (nSPS) is 20.9. The van der Waals surface area contributed by atoms with Gasteiger partial charge in [0.25, 0.3) is 5.89 Å². The Bertz CT molecular complexity index is 789. The van der Waals surface area contributed by atoms with Gasteiger partial charge in [-0.15, -0.1) is 10.2 Å². The number of nitrogens with zero attached hydrogens (tertiary/aromatic N) is 5. The lowest BCUT2D eigenvalue weighted by atomic mass is 10.0. The van der Waals surface area contributed by atoms with E-state index in [2.05, 4.69) is 20.2 Å². The molecule has 0 spiro atoms. The third-order valence-electron chi connectivity index (χ3n) is 3.91. The van der Waals surface area contributed by atoms with Crippen molar-refractivity contribution in [3.63, 3.8) is 0 Å². The lowest BCUT2D eigenvalue weighted by Crippen LogP contribution is -2.14. The quantitative estimate of drug-likeness (QED) is 0.734. The summed E-state index contributed by atoms with van der Waals surface area (Å²) in [6.07, 6.45) is 8.61. The molecule has 0 saturated carbocycles. The topological polar surface area (TPSA) is 78.9 Å². The number of imidazole rings is 1. The van der Waals surface area contributed by atoms with Crippen LogP contribution in [-0.2, 0) is 11.3 Å². The number of halogens is 1. The van der Waals surface area contributed by atoms with E-state index in [1.165, 1.54) is 12.3 Å². The molecule has 118 valence electrons. The standard InChI is InChI=1S/C15H14FN5O2/c16-12-7-17-3-1-11(12)14-19-20-15(23-14)13-10(2-6-22-13)8-21-5-4-18-9-21/h1,3-5,7,9-10,13H,2,6,8H2/t10-,13-/m0/s1. The number of aromatic nitrogens is 5. The maximum absolute atomic E-state index is 13.8. The van der Waals surface area contributed by atoms with Crippen molar-refractivity contribution in [2.75, 3.05) is 6.61 Å². The smallest absolute Gasteiger partial charge is 0.250 e. The van der Waals surface area contributed by atoms with Gasteiger partial charge in [-0.05, 0) is 12.5 Å². The van der Waals surface area contributed by atoms with Crippen LogP contribution in [0.4, 0.5) is 4.39 Å². The molecule has 1 aliphatic rings. The van der Waals surface area contributed by atoms with Crippen LogP contribution < -0.4 is 0 Å². The Morgan fingerprint density at radius 1 is 1.26 bits per heavy atom. The average Bonchev–Trinajstić information content (AvgIpc) is 3.28. The molecular weight excluding hydrogens is 301 g/mol. The van der Waals surface area contributed by atoms with Crippen molar-refractivity contribution in [3.05, 3.63) is 48.9 Å². The van der Waals surface area contributed by atoms with Gasteiger partial charge in [-0.1, -0.05) is 0 Å². The maximum atomic E-state index is 13.8. The largest absolute Gasteiger partial charge is 0.418 e. The Kier molecular flexibility index (Phi) is 3.58. The first kappa shape index (κ1) is 14.0. The van der Waals surface area contributed by atoms with Crippen molar-refractivity contribution in [2.24, 2.45) is 5.92 Å². The number of rotatable bonds is 4. The van der Waals surface area contributed by atoms with Crippen LogP contribution in [0.2, 0.25) is 0 Å². The summed E-state index contributed by atoms with van der Waals surface area (Å²) in [4.78, 5) is 7.75. The minimum atomic E-state index is -0.495. The molecule has 23 heavy (non-hydrogen) atoms. The van der Waals surface area contributed by atoms with Crippen molar-refractivity contribution >= 4 is 0 Å². The van der Waals surface area contributed by atoms with E-state index in [4.69, 9.17) is 9.15 Å². The summed E-state index contributed by atoms with van der Waals surface area (Å²) in [5.41, 5.74) is 0.239. The van der Waals surface area contributed by atoms with Gasteiger partial charge in [0.1, 0.15) is 6.10 Å². The SMILES string of the molecule is Fc1cnccc1-c1nnc([C@H]2OCC[C@H]2Cn2ccnc2)o1. The molecule has 0 aromatic carbocycles. The monoisotopic (exact) mass is 315 g/mol. The summed E-state index contributed by atoms with van der Waals surface area (Å²) in [7, 11) is 0. The highest BCUT2D eigenvalue weighted by Crippen LogP contribution is 2.36. The second-order valence-corrected chi connectivity index (χ2v) is 5.40. The van der Waals surface area contributed by atoms with Crippen LogP contribution in [0.25, 0.3) is 11.5 Å². The second-order valence-electron chi connectivity index (χ2n) is 5.40.